The zero-order chi connectivity index (χ0) is 16.2. The summed E-state index contributed by atoms with van der Waals surface area (Å²) in [6.07, 6.45) is 1.74. The summed E-state index contributed by atoms with van der Waals surface area (Å²) >= 11 is 0. The molecule has 2 N–H and O–H groups in total. The summed E-state index contributed by atoms with van der Waals surface area (Å²) in [4.78, 5) is 19.0. The Morgan fingerprint density at radius 2 is 2.00 bits per heavy atom. The van der Waals surface area contributed by atoms with E-state index in [4.69, 9.17) is 10.3 Å². The highest BCUT2D eigenvalue weighted by Gasteiger charge is 2.26. The van der Waals surface area contributed by atoms with E-state index < -0.39 is 0 Å². The third kappa shape index (κ3) is 3.83. The van der Waals surface area contributed by atoms with Crippen LogP contribution in [0.3, 0.4) is 0 Å². The molecule has 0 aliphatic carbocycles. The summed E-state index contributed by atoms with van der Waals surface area (Å²) < 4.78 is 5.02. The summed E-state index contributed by atoms with van der Waals surface area (Å²) in [5.74, 6) is 1.49. The molecule has 0 saturated carbocycles. The number of benzene rings is 1. The van der Waals surface area contributed by atoms with Gasteiger partial charge in [-0.3, -0.25) is 9.69 Å². The smallest absolute Gasteiger partial charge is 0.240 e. The van der Waals surface area contributed by atoms with Crippen molar-refractivity contribution in [2.75, 3.05) is 13.1 Å². The number of rotatable bonds is 5. The molecule has 1 aliphatic heterocycles. The molecule has 1 aromatic carbocycles. The van der Waals surface area contributed by atoms with Gasteiger partial charge in [-0.05, 0) is 32.9 Å². The van der Waals surface area contributed by atoms with E-state index in [1.807, 2.05) is 31.2 Å². The van der Waals surface area contributed by atoms with Crippen LogP contribution in [0, 0.1) is 12.8 Å². The van der Waals surface area contributed by atoms with Crippen LogP contribution in [0.2, 0.25) is 0 Å². The number of hydrogen-bond donors (Lipinski definition) is 1. The quantitative estimate of drug-likeness (QED) is 0.849. The van der Waals surface area contributed by atoms with Crippen molar-refractivity contribution in [2.45, 2.75) is 32.9 Å². The minimum absolute atomic E-state index is 0.110. The van der Waals surface area contributed by atoms with Gasteiger partial charge in [-0.15, -0.1) is 0 Å². The number of nitrogens with zero attached hydrogens (tertiary/aromatic N) is 3. The zero-order valence-electron chi connectivity index (χ0n) is 13.4. The maximum Gasteiger partial charge on any atom is 0.240 e. The van der Waals surface area contributed by atoms with Crippen LogP contribution in [0.4, 0.5) is 0 Å². The number of carbonyl (C=O) groups excluding carboxylic acids is 1. The van der Waals surface area contributed by atoms with Crippen LogP contribution in [0.5, 0.6) is 0 Å². The molecule has 1 aliphatic rings. The standard InChI is InChI=1S/C17H22N4O2/c1-12-2-4-13(5-3-12)17(22)14-6-8-21(9-7-14)11-15-19-16(10-18)23-20-15/h2-5,14H,6-11,18H2,1H3. The predicted molar refractivity (Wildman–Crippen MR) is 85.7 cm³/mol. The molecule has 0 radical (unpaired) electrons. The first kappa shape index (κ1) is 15.8. The molecule has 2 aromatic rings. The normalized spacial score (nSPS) is 16.6. The summed E-state index contributed by atoms with van der Waals surface area (Å²) in [5, 5.41) is 3.92. The monoisotopic (exact) mass is 314 g/mol. The third-order valence-electron chi connectivity index (χ3n) is 4.34. The molecule has 3 rings (SSSR count). The molecule has 0 unspecified atom stereocenters. The predicted octanol–water partition coefficient (Wildman–Crippen LogP) is 1.93. The maximum atomic E-state index is 12.5. The average Bonchev–Trinajstić information content (AvgIpc) is 3.03. The summed E-state index contributed by atoms with van der Waals surface area (Å²) in [5.41, 5.74) is 7.46. The largest absolute Gasteiger partial charge is 0.338 e. The van der Waals surface area contributed by atoms with Crippen molar-refractivity contribution >= 4 is 5.78 Å². The van der Waals surface area contributed by atoms with E-state index in [1.54, 1.807) is 0 Å². The minimum atomic E-state index is 0.110. The fourth-order valence-corrected chi connectivity index (χ4v) is 2.94. The Hall–Kier alpha value is -2.05. The summed E-state index contributed by atoms with van der Waals surface area (Å²) in [6, 6.07) is 7.84. The Bertz CT molecular complexity index is 657. The molecule has 0 amide bonds. The lowest BCUT2D eigenvalue weighted by Gasteiger charge is -2.30. The topological polar surface area (TPSA) is 85.2 Å². The van der Waals surface area contributed by atoms with Crippen LogP contribution in [-0.4, -0.2) is 33.9 Å². The number of aromatic nitrogens is 2. The van der Waals surface area contributed by atoms with E-state index in [2.05, 4.69) is 15.0 Å². The second-order valence-corrected chi connectivity index (χ2v) is 6.09. The molecule has 1 aromatic heterocycles. The van der Waals surface area contributed by atoms with E-state index in [-0.39, 0.29) is 18.2 Å². The van der Waals surface area contributed by atoms with Crippen molar-refractivity contribution in [3.8, 4) is 0 Å². The van der Waals surface area contributed by atoms with Crippen molar-refractivity contribution in [1.29, 1.82) is 0 Å². The van der Waals surface area contributed by atoms with E-state index in [9.17, 15) is 4.79 Å². The van der Waals surface area contributed by atoms with Gasteiger partial charge < -0.3 is 10.3 Å². The first-order valence-corrected chi connectivity index (χ1v) is 8.00. The molecule has 1 saturated heterocycles. The highest BCUT2D eigenvalue weighted by molar-refractivity contribution is 5.97. The molecule has 0 bridgehead atoms. The van der Waals surface area contributed by atoms with Crippen molar-refractivity contribution in [3.63, 3.8) is 0 Å². The van der Waals surface area contributed by atoms with Crippen molar-refractivity contribution in [1.82, 2.24) is 15.0 Å². The van der Waals surface area contributed by atoms with E-state index in [0.29, 0.717) is 18.3 Å². The van der Waals surface area contributed by atoms with Crippen LogP contribution in [0.25, 0.3) is 0 Å². The summed E-state index contributed by atoms with van der Waals surface area (Å²) in [7, 11) is 0. The van der Waals surface area contributed by atoms with Crippen molar-refractivity contribution in [3.05, 3.63) is 47.1 Å². The maximum absolute atomic E-state index is 12.5. The third-order valence-corrected chi connectivity index (χ3v) is 4.34. The molecule has 1 fully saturated rings. The average molecular weight is 314 g/mol. The molecule has 0 atom stereocenters. The molecular formula is C17H22N4O2. The number of likely N-dealkylation sites (tertiary alicyclic amines) is 1. The lowest BCUT2D eigenvalue weighted by atomic mass is 9.88. The van der Waals surface area contributed by atoms with Crippen LogP contribution in [0.15, 0.2) is 28.8 Å². The Morgan fingerprint density at radius 1 is 1.30 bits per heavy atom. The number of aryl methyl sites for hydroxylation is 1. The first-order valence-electron chi connectivity index (χ1n) is 8.00. The summed E-state index contributed by atoms with van der Waals surface area (Å²) in [6.45, 7) is 4.68. The fraction of sp³-hybridized carbons (Fsp3) is 0.471. The molecule has 23 heavy (non-hydrogen) atoms. The fourth-order valence-electron chi connectivity index (χ4n) is 2.94. The number of nitrogens with two attached hydrogens (primary N) is 1. The Morgan fingerprint density at radius 3 is 2.61 bits per heavy atom. The van der Waals surface area contributed by atoms with Crippen LogP contribution >= 0.6 is 0 Å². The van der Waals surface area contributed by atoms with Gasteiger partial charge >= 0.3 is 0 Å². The van der Waals surface area contributed by atoms with Gasteiger partial charge in [0, 0.05) is 11.5 Å². The number of ketones is 1. The molecular weight excluding hydrogens is 292 g/mol. The van der Waals surface area contributed by atoms with E-state index >= 15 is 0 Å². The number of piperidine rings is 1. The van der Waals surface area contributed by atoms with Crippen LogP contribution in [-0.2, 0) is 13.1 Å². The van der Waals surface area contributed by atoms with Gasteiger partial charge in [-0.1, -0.05) is 35.0 Å². The van der Waals surface area contributed by atoms with Crippen LogP contribution in [0.1, 0.15) is 40.5 Å². The molecule has 6 heteroatoms. The number of carbonyl (C=O) groups is 1. The number of hydrogen-bond acceptors (Lipinski definition) is 6. The van der Waals surface area contributed by atoms with Gasteiger partial charge in [0.15, 0.2) is 11.6 Å². The SMILES string of the molecule is Cc1ccc(C(=O)C2CCN(Cc3noc(CN)n3)CC2)cc1. The second kappa shape index (κ2) is 7.02. The van der Waals surface area contributed by atoms with Gasteiger partial charge in [0.1, 0.15) is 0 Å². The van der Waals surface area contributed by atoms with E-state index in [0.717, 1.165) is 31.5 Å². The van der Waals surface area contributed by atoms with Gasteiger partial charge in [-0.25, -0.2) is 0 Å². The lowest BCUT2D eigenvalue weighted by Crippen LogP contribution is -2.36. The van der Waals surface area contributed by atoms with Gasteiger partial charge in [-0.2, -0.15) is 4.98 Å². The molecule has 0 spiro atoms. The van der Waals surface area contributed by atoms with Crippen molar-refractivity contribution < 1.29 is 9.32 Å². The van der Waals surface area contributed by atoms with Gasteiger partial charge in [0.2, 0.25) is 5.89 Å². The molecule has 122 valence electrons. The Balaban J connectivity index is 1.53. The first-order chi connectivity index (χ1) is 11.2. The zero-order valence-corrected chi connectivity index (χ0v) is 13.4. The van der Waals surface area contributed by atoms with Crippen LogP contribution < -0.4 is 5.73 Å². The lowest BCUT2D eigenvalue weighted by molar-refractivity contribution is 0.0832. The minimum Gasteiger partial charge on any atom is -0.338 e. The Labute approximate surface area is 135 Å². The highest BCUT2D eigenvalue weighted by atomic mass is 16.5. The highest BCUT2D eigenvalue weighted by Crippen LogP contribution is 2.22. The van der Waals surface area contributed by atoms with Crippen molar-refractivity contribution in [2.24, 2.45) is 11.7 Å². The molecule has 6 nitrogen and oxygen atoms in total. The number of Topliss-reactive ketones (excluding diaryl/α,β-unsaturated/α-hetero) is 1. The van der Waals surface area contributed by atoms with E-state index in [1.165, 1.54) is 5.56 Å². The molecule has 2 heterocycles. The van der Waals surface area contributed by atoms with Gasteiger partial charge in [0.05, 0.1) is 13.1 Å². The second-order valence-electron chi connectivity index (χ2n) is 6.09. The Kier molecular flexibility index (Phi) is 4.83. The van der Waals surface area contributed by atoms with Gasteiger partial charge in [0.25, 0.3) is 0 Å².